The summed E-state index contributed by atoms with van der Waals surface area (Å²) in [4.78, 5) is -0.212. The van der Waals surface area contributed by atoms with Crippen LogP contribution in [0.3, 0.4) is 0 Å². The molecule has 0 fully saturated rings. The van der Waals surface area contributed by atoms with Gasteiger partial charge in [0.1, 0.15) is 0 Å². The number of rotatable bonds is 1. The highest BCUT2D eigenvalue weighted by atomic mass is 79.9. The summed E-state index contributed by atoms with van der Waals surface area (Å²) in [6.45, 7) is 0. The van der Waals surface area contributed by atoms with E-state index in [-0.39, 0.29) is 9.92 Å². The molecule has 0 amide bonds. The van der Waals surface area contributed by atoms with Crippen molar-refractivity contribution in [3.05, 3.63) is 27.7 Å². The SMILES string of the molecule is O=S(=O)(O)c1ccc(Br)c(Cl)c1. The van der Waals surface area contributed by atoms with Crippen molar-refractivity contribution in [3.8, 4) is 0 Å². The Morgan fingerprint density at radius 3 is 2.42 bits per heavy atom. The minimum atomic E-state index is -4.15. The summed E-state index contributed by atoms with van der Waals surface area (Å²) >= 11 is 8.69. The molecule has 0 aliphatic rings. The molecule has 0 atom stereocenters. The Labute approximate surface area is 83.2 Å². The van der Waals surface area contributed by atoms with Gasteiger partial charge in [0, 0.05) is 4.47 Å². The van der Waals surface area contributed by atoms with E-state index in [2.05, 4.69) is 15.9 Å². The lowest BCUT2D eigenvalue weighted by atomic mass is 10.4. The second kappa shape index (κ2) is 3.33. The Hall–Kier alpha value is -0.100. The van der Waals surface area contributed by atoms with Crippen LogP contribution in [0.1, 0.15) is 0 Å². The Bertz CT molecular complexity index is 401. The van der Waals surface area contributed by atoms with Gasteiger partial charge in [-0.15, -0.1) is 0 Å². The number of benzene rings is 1. The summed E-state index contributed by atoms with van der Waals surface area (Å²) in [6, 6.07) is 3.87. The molecule has 0 aliphatic heterocycles. The van der Waals surface area contributed by atoms with Crippen LogP contribution in [0.15, 0.2) is 27.6 Å². The van der Waals surface area contributed by atoms with Crippen LogP contribution in [0.25, 0.3) is 0 Å². The van der Waals surface area contributed by atoms with Crippen LogP contribution >= 0.6 is 27.5 Å². The Kier molecular flexibility index (Phi) is 2.77. The maximum absolute atomic E-state index is 10.6. The summed E-state index contributed by atoms with van der Waals surface area (Å²) in [7, 11) is -4.15. The molecule has 0 saturated heterocycles. The molecule has 0 aromatic heterocycles. The standard InChI is InChI=1S/C6H4BrClO3S/c7-5-2-1-4(3-6(5)8)12(9,10)11/h1-3H,(H,9,10,11). The van der Waals surface area contributed by atoms with Crippen LogP contribution in [0.5, 0.6) is 0 Å². The van der Waals surface area contributed by atoms with Gasteiger partial charge in [-0.1, -0.05) is 11.6 Å². The smallest absolute Gasteiger partial charge is 0.282 e. The number of hydrogen-bond donors (Lipinski definition) is 1. The fraction of sp³-hybridized carbons (Fsp3) is 0. The van der Waals surface area contributed by atoms with Crippen LogP contribution in [0, 0.1) is 0 Å². The van der Waals surface area contributed by atoms with E-state index >= 15 is 0 Å². The van der Waals surface area contributed by atoms with Gasteiger partial charge in [-0.3, -0.25) is 4.55 Å². The van der Waals surface area contributed by atoms with Crippen molar-refractivity contribution in [1.82, 2.24) is 0 Å². The van der Waals surface area contributed by atoms with Gasteiger partial charge in [0.15, 0.2) is 0 Å². The molecule has 6 heteroatoms. The van der Waals surface area contributed by atoms with Crippen LogP contribution in [-0.2, 0) is 10.1 Å². The lowest BCUT2D eigenvalue weighted by molar-refractivity contribution is 0.483. The topological polar surface area (TPSA) is 54.4 Å². The van der Waals surface area contributed by atoms with Gasteiger partial charge in [-0.05, 0) is 34.1 Å². The predicted octanol–water partition coefficient (Wildman–Crippen LogP) is 2.35. The van der Waals surface area contributed by atoms with E-state index in [4.69, 9.17) is 16.2 Å². The average molecular weight is 272 g/mol. The second-order valence-electron chi connectivity index (χ2n) is 2.05. The third kappa shape index (κ3) is 2.20. The number of hydrogen-bond acceptors (Lipinski definition) is 2. The lowest BCUT2D eigenvalue weighted by Gasteiger charge is -1.98. The van der Waals surface area contributed by atoms with E-state index in [1.54, 1.807) is 0 Å². The van der Waals surface area contributed by atoms with E-state index in [1.165, 1.54) is 18.2 Å². The first-order valence-electron chi connectivity index (χ1n) is 2.84. The monoisotopic (exact) mass is 270 g/mol. The Balaban J connectivity index is 3.33. The fourth-order valence-electron chi connectivity index (χ4n) is 0.637. The van der Waals surface area contributed by atoms with Crippen molar-refractivity contribution in [3.63, 3.8) is 0 Å². The average Bonchev–Trinajstić information content (AvgIpc) is 1.92. The van der Waals surface area contributed by atoms with Crippen molar-refractivity contribution in [1.29, 1.82) is 0 Å². The third-order valence-corrected chi connectivity index (χ3v) is 3.27. The molecule has 12 heavy (non-hydrogen) atoms. The second-order valence-corrected chi connectivity index (χ2v) is 4.73. The first-order valence-corrected chi connectivity index (χ1v) is 5.45. The molecule has 0 radical (unpaired) electrons. The summed E-state index contributed by atoms with van der Waals surface area (Å²) < 4.78 is 30.3. The summed E-state index contributed by atoms with van der Waals surface area (Å²) in [5, 5.41) is 0.241. The largest absolute Gasteiger partial charge is 0.294 e. The molecular formula is C6H4BrClO3S. The van der Waals surface area contributed by atoms with Gasteiger partial charge in [-0.2, -0.15) is 8.42 Å². The molecule has 0 heterocycles. The molecule has 0 unspecified atom stereocenters. The maximum Gasteiger partial charge on any atom is 0.294 e. The molecule has 3 nitrogen and oxygen atoms in total. The van der Waals surface area contributed by atoms with Gasteiger partial charge < -0.3 is 0 Å². The van der Waals surface area contributed by atoms with E-state index in [0.29, 0.717) is 4.47 Å². The summed E-state index contributed by atoms with van der Waals surface area (Å²) in [6.07, 6.45) is 0. The van der Waals surface area contributed by atoms with Crippen molar-refractivity contribution in [2.75, 3.05) is 0 Å². The van der Waals surface area contributed by atoms with Crippen LogP contribution in [0.4, 0.5) is 0 Å². The van der Waals surface area contributed by atoms with E-state index < -0.39 is 10.1 Å². The number of halogens is 2. The molecule has 0 bridgehead atoms. The first-order chi connectivity index (χ1) is 5.41. The van der Waals surface area contributed by atoms with E-state index in [1.807, 2.05) is 0 Å². The summed E-state index contributed by atoms with van der Waals surface area (Å²) in [5.41, 5.74) is 0. The highest BCUT2D eigenvalue weighted by molar-refractivity contribution is 9.10. The van der Waals surface area contributed by atoms with Crippen LogP contribution in [0.2, 0.25) is 5.02 Å². The van der Waals surface area contributed by atoms with Crippen molar-refractivity contribution < 1.29 is 13.0 Å². The molecule has 1 N–H and O–H groups in total. The Morgan fingerprint density at radius 1 is 1.42 bits per heavy atom. The van der Waals surface area contributed by atoms with E-state index in [9.17, 15) is 8.42 Å². The highest BCUT2D eigenvalue weighted by Crippen LogP contribution is 2.24. The predicted molar refractivity (Wildman–Crippen MR) is 49.0 cm³/mol. The highest BCUT2D eigenvalue weighted by Gasteiger charge is 2.10. The third-order valence-electron chi connectivity index (χ3n) is 1.19. The van der Waals surface area contributed by atoms with Gasteiger partial charge in [0.25, 0.3) is 10.1 Å². The van der Waals surface area contributed by atoms with Crippen molar-refractivity contribution in [2.24, 2.45) is 0 Å². The zero-order valence-corrected chi connectivity index (χ0v) is 8.82. The van der Waals surface area contributed by atoms with Crippen molar-refractivity contribution >= 4 is 37.6 Å². The van der Waals surface area contributed by atoms with Gasteiger partial charge in [0.2, 0.25) is 0 Å². The maximum atomic E-state index is 10.6. The van der Waals surface area contributed by atoms with Crippen LogP contribution in [-0.4, -0.2) is 13.0 Å². The Morgan fingerprint density at radius 2 is 2.00 bits per heavy atom. The molecule has 0 aliphatic carbocycles. The van der Waals surface area contributed by atoms with Gasteiger partial charge in [-0.25, -0.2) is 0 Å². The quantitative estimate of drug-likeness (QED) is 0.798. The molecule has 0 spiro atoms. The van der Waals surface area contributed by atoms with Gasteiger partial charge >= 0.3 is 0 Å². The van der Waals surface area contributed by atoms with Crippen molar-refractivity contribution in [2.45, 2.75) is 4.90 Å². The first kappa shape index (κ1) is 9.98. The lowest BCUT2D eigenvalue weighted by Crippen LogP contribution is -1.97. The fourth-order valence-corrected chi connectivity index (χ4v) is 1.64. The summed E-state index contributed by atoms with van der Waals surface area (Å²) in [5.74, 6) is 0. The molecule has 0 saturated carbocycles. The molecule has 1 aromatic rings. The zero-order chi connectivity index (χ0) is 9.35. The minimum Gasteiger partial charge on any atom is -0.282 e. The minimum absolute atomic E-state index is 0.212. The molecule has 66 valence electrons. The molecule has 1 rings (SSSR count). The van der Waals surface area contributed by atoms with Crippen LogP contribution < -0.4 is 0 Å². The zero-order valence-electron chi connectivity index (χ0n) is 5.66. The normalized spacial score (nSPS) is 11.6. The van der Waals surface area contributed by atoms with E-state index in [0.717, 1.165) is 0 Å². The molecular weight excluding hydrogens is 267 g/mol. The van der Waals surface area contributed by atoms with Gasteiger partial charge in [0.05, 0.1) is 9.92 Å². The molecule has 1 aromatic carbocycles.